The smallest absolute Gasteiger partial charge is 0.00180 e. The highest BCUT2D eigenvalue weighted by atomic mass is 14.8. The SMILES string of the molecule is CCNCC1CCC(CC)CC1CC1CC2CCC1C2. The van der Waals surface area contributed by atoms with Crippen molar-refractivity contribution in [2.24, 2.45) is 35.5 Å². The minimum atomic E-state index is 0.983. The molecule has 6 atom stereocenters. The zero-order valence-electron chi connectivity index (χ0n) is 13.7. The molecule has 0 heterocycles. The number of nitrogens with one attached hydrogen (secondary N) is 1. The Bertz CT molecular complexity index is 300. The van der Waals surface area contributed by atoms with E-state index >= 15 is 0 Å². The number of fused-ring (bicyclic) bond motifs is 2. The van der Waals surface area contributed by atoms with Crippen LogP contribution in [0.25, 0.3) is 0 Å². The lowest BCUT2D eigenvalue weighted by Crippen LogP contribution is -2.34. The number of hydrogen-bond acceptors (Lipinski definition) is 1. The molecule has 3 aliphatic rings. The number of hydrogen-bond donors (Lipinski definition) is 1. The van der Waals surface area contributed by atoms with Gasteiger partial charge in [-0.05, 0) is 87.1 Å². The highest BCUT2D eigenvalue weighted by Gasteiger charge is 2.41. The molecule has 1 heteroatoms. The molecule has 3 rings (SSSR count). The molecule has 0 saturated heterocycles. The molecule has 0 aromatic carbocycles. The van der Waals surface area contributed by atoms with Gasteiger partial charge < -0.3 is 5.32 Å². The highest BCUT2D eigenvalue weighted by Crippen LogP contribution is 2.52. The van der Waals surface area contributed by atoms with Crippen LogP contribution in [0.2, 0.25) is 0 Å². The van der Waals surface area contributed by atoms with Crippen molar-refractivity contribution in [2.45, 2.75) is 71.6 Å². The molecule has 20 heavy (non-hydrogen) atoms. The topological polar surface area (TPSA) is 12.0 Å². The van der Waals surface area contributed by atoms with Gasteiger partial charge in [-0.2, -0.15) is 0 Å². The van der Waals surface area contributed by atoms with Crippen molar-refractivity contribution in [2.75, 3.05) is 13.1 Å². The molecule has 3 aliphatic carbocycles. The average Bonchev–Trinajstić information content (AvgIpc) is 3.08. The van der Waals surface area contributed by atoms with Gasteiger partial charge >= 0.3 is 0 Å². The summed E-state index contributed by atoms with van der Waals surface area (Å²) < 4.78 is 0. The highest BCUT2D eigenvalue weighted by molar-refractivity contribution is 4.92. The summed E-state index contributed by atoms with van der Waals surface area (Å²) >= 11 is 0. The summed E-state index contributed by atoms with van der Waals surface area (Å²) in [6.45, 7) is 7.10. The van der Waals surface area contributed by atoms with E-state index in [2.05, 4.69) is 19.2 Å². The molecule has 2 bridgehead atoms. The van der Waals surface area contributed by atoms with E-state index in [1.165, 1.54) is 25.8 Å². The van der Waals surface area contributed by atoms with E-state index in [0.29, 0.717) is 0 Å². The van der Waals surface area contributed by atoms with Crippen molar-refractivity contribution >= 4 is 0 Å². The average molecular weight is 277 g/mol. The van der Waals surface area contributed by atoms with Gasteiger partial charge in [0.1, 0.15) is 0 Å². The van der Waals surface area contributed by atoms with Crippen LogP contribution in [-0.4, -0.2) is 13.1 Å². The Balaban J connectivity index is 1.57. The zero-order chi connectivity index (χ0) is 13.9. The molecule has 0 radical (unpaired) electrons. The third-order valence-electron chi connectivity index (χ3n) is 6.97. The van der Waals surface area contributed by atoms with Crippen molar-refractivity contribution in [1.29, 1.82) is 0 Å². The van der Waals surface area contributed by atoms with Crippen LogP contribution in [0.1, 0.15) is 71.6 Å². The van der Waals surface area contributed by atoms with Crippen LogP contribution in [0.5, 0.6) is 0 Å². The first kappa shape index (κ1) is 14.9. The first-order valence-corrected chi connectivity index (χ1v) is 9.50. The van der Waals surface area contributed by atoms with Crippen LogP contribution in [0.3, 0.4) is 0 Å². The minimum Gasteiger partial charge on any atom is -0.317 e. The zero-order valence-corrected chi connectivity index (χ0v) is 13.7. The van der Waals surface area contributed by atoms with Gasteiger partial charge in [0.2, 0.25) is 0 Å². The summed E-state index contributed by atoms with van der Waals surface area (Å²) in [4.78, 5) is 0. The van der Waals surface area contributed by atoms with E-state index in [1.807, 2.05) is 0 Å². The summed E-state index contributed by atoms with van der Waals surface area (Å²) in [7, 11) is 0. The van der Waals surface area contributed by atoms with E-state index in [0.717, 1.165) is 42.1 Å². The third kappa shape index (κ3) is 3.24. The van der Waals surface area contributed by atoms with Gasteiger partial charge in [0.05, 0.1) is 0 Å². The van der Waals surface area contributed by atoms with Gasteiger partial charge in [0.15, 0.2) is 0 Å². The fourth-order valence-electron chi connectivity index (χ4n) is 5.74. The van der Waals surface area contributed by atoms with Crippen molar-refractivity contribution in [1.82, 2.24) is 5.32 Å². The lowest BCUT2D eigenvalue weighted by Gasteiger charge is -2.39. The Labute approximate surface area is 126 Å². The first-order chi connectivity index (χ1) is 9.80. The molecule has 0 amide bonds. The first-order valence-electron chi connectivity index (χ1n) is 9.50. The second-order valence-electron chi connectivity index (χ2n) is 8.09. The van der Waals surface area contributed by atoms with Crippen molar-refractivity contribution in [3.8, 4) is 0 Å². The molecule has 0 spiro atoms. The molecule has 3 saturated carbocycles. The predicted molar refractivity (Wildman–Crippen MR) is 86.7 cm³/mol. The molecule has 116 valence electrons. The summed E-state index contributed by atoms with van der Waals surface area (Å²) in [6.07, 6.45) is 13.8. The lowest BCUT2D eigenvalue weighted by molar-refractivity contribution is 0.129. The van der Waals surface area contributed by atoms with E-state index in [1.54, 1.807) is 38.5 Å². The summed E-state index contributed by atoms with van der Waals surface area (Å²) in [5, 5.41) is 3.64. The monoisotopic (exact) mass is 277 g/mol. The van der Waals surface area contributed by atoms with Gasteiger partial charge in [0.25, 0.3) is 0 Å². The quantitative estimate of drug-likeness (QED) is 0.730. The molecular weight excluding hydrogens is 242 g/mol. The minimum absolute atomic E-state index is 0.983. The standard InChI is InChI=1S/C19H35N/c1-3-14-5-8-17(13-20-4-2)19(9-14)12-18-11-15-6-7-16(18)10-15/h14-20H,3-13H2,1-2H3. The second-order valence-corrected chi connectivity index (χ2v) is 8.09. The lowest BCUT2D eigenvalue weighted by atomic mass is 9.68. The van der Waals surface area contributed by atoms with Crippen LogP contribution >= 0.6 is 0 Å². The van der Waals surface area contributed by atoms with Gasteiger partial charge in [-0.1, -0.05) is 33.1 Å². The second kappa shape index (κ2) is 6.81. The van der Waals surface area contributed by atoms with Crippen molar-refractivity contribution in [3.63, 3.8) is 0 Å². The van der Waals surface area contributed by atoms with Gasteiger partial charge in [0, 0.05) is 0 Å². The van der Waals surface area contributed by atoms with Gasteiger partial charge in [-0.3, -0.25) is 0 Å². The van der Waals surface area contributed by atoms with Gasteiger partial charge in [-0.25, -0.2) is 0 Å². The van der Waals surface area contributed by atoms with Crippen molar-refractivity contribution in [3.05, 3.63) is 0 Å². The Kier molecular flexibility index (Phi) is 5.07. The predicted octanol–water partition coefficient (Wildman–Crippen LogP) is 4.86. The fraction of sp³-hybridized carbons (Fsp3) is 1.00. The molecule has 0 aromatic heterocycles. The van der Waals surface area contributed by atoms with E-state index in [-0.39, 0.29) is 0 Å². The number of rotatable bonds is 6. The molecule has 1 N–H and O–H groups in total. The normalized spacial score (nSPS) is 44.1. The molecule has 0 aromatic rings. The van der Waals surface area contributed by atoms with E-state index < -0.39 is 0 Å². The van der Waals surface area contributed by atoms with Crippen LogP contribution < -0.4 is 5.32 Å². The maximum absolute atomic E-state index is 3.64. The van der Waals surface area contributed by atoms with Crippen LogP contribution in [-0.2, 0) is 0 Å². The fourth-order valence-corrected chi connectivity index (χ4v) is 5.74. The molecule has 0 aliphatic heterocycles. The van der Waals surface area contributed by atoms with E-state index in [9.17, 15) is 0 Å². The molecule has 1 nitrogen and oxygen atoms in total. The summed E-state index contributed by atoms with van der Waals surface area (Å²) in [6, 6.07) is 0. The maximum Gasteiger partial charge on any atom is -0.00180 e. The van der Waals surface area contributed by atoms with Crippen LogP contribution in [0.15, 0.2) is 0 Å². The Morgan fingerprint density at radius 3 is 2.40 bits per heavy atom. The Morgan fingerprint density at radius 1 is 0.850 bits per heavy atom. The molecule has 3 fully saturated rings. The van der Waals surface area contributed by atoms with Crippen molar-refractivity contribution < 1.29 is 0 Å². The molecule has 6 unspecified atom stereocenters. The van der Waals surface area contributed by atoms with E-state index in [4.69, 9.17) is 0 Å². The Hall–Kier alpha value is -0.0400. The summed E-state index contributed by atoms with van der Waals surface area (Å²) in [5.41, 5.74) is 0. The van der Waals surface area contributed by atoms with Crippen LogP contribution in [0.4, 0.5) is 0 Å². The van der Waals surface area contributed by atoms with Crippen LogP contribution in [0, 0.1) is 35.5 Å². The Morgan fingerprint density at radius 2 is 1.75 bits per heavy atom. The maximum atomic E-state index is 3.64. The summed E-state index contributed by atoms with van der Waals surface area (Å²) in [5.74, 6) is 6.42. The van der Waals surface area contributed by atoms with Gasteiger partial charge in [-0.15, -0.1) is 0 Å². The largest absolute Gasteiger partial charge is 0.317 e. The third-order valence-corrected chi connectivity index (χ3v) is 6.97. The molecular formula is C19H35N.